The van der Waals surface area contributed by atoms with Crippen molar-refractivity contribution in [2.75, 3.05) is 0 Å². The Hall–Kier alpha value is -3.18. The van der Waals surface area contributed by atoms with E-state index in [1.807, 2.05) is 60.7 Å². The number of aliphatic imine (C=N–C) groups is 1. The molecule has 0 N–H and O–H groups in total. The summed E-state index contributed by atoms with van der Waals surface area (Å²) in [4.78, 5) is 16.6. The quantitative estimate of drug-likeness (QED) is 0.373. The van der Waals surface area contributed by atoms with Gasteiger partial charge in [-0.05, 0) is 64.3 Å². The second-order valence-corrected chi connectivity index (χ2v) is 7.52. The van der Waals surface area contributed by atoms with Crippen LogP contribution in [0.1, 0.15) is 22.3 Å². The third-order valence-corrected chi connectivity index (χ3v) is 5.10. The first-order chi connectivity index (χ1) is 14.1. The lowest BCUT2D eigenvalue weighted by molar-refractivity contribution is -0.129. The molecule has 0 radical (unpaired) electrons. The Morgan fingerprint density at radius 1 is 1.03 bits per heavy atom. The summed E-state index contributed by atoms with van der Waals surface area (Å²) < 4.78 is 12.0. The summed E-state index contributed by atoms with van der Waals surface area (Å²) in [6.07, 6.45) is 1.70. The monoisotopic (exact) mass is 447 g/mol. The lowest BCUT2D eigenvalue weighted by atomic mass is 10.1. The topological polar surface area (TPSA) is 47.9 Å². The fraction of sp³-hybridized carbons (Fsp3) is 0.0833. The fourth-order valence-corrected chi connectivity index (χ4v) is 3.32. The Morgan fingerprint density at radius 3 is 2.62 bits per heavy atom. The van der Waals surface area contributed by atoms with Crippen molar-refractivity contribution in [1.29, 1.82) is 0 Å². The molecule has 4 nitrogen and oxygen atoms in total. The van der Waals surface area contributed by atoms with E-state index in [0.717, 1.165) is 26.9 Å². The molecule has 0 atom stereocenters. The zero-order valence-corrected chi connectivity index (χ0v) is 17.3. The van der Waals surface area contributed by atoms with Gasteiger partial charge in [0, 0.05) is 4.47 Å². The lowest BCUT2D eigenvalue weighted by Crippen LogP contribution is -2.05. The third kappa shape index (κ3) is 4.63. The minimum Gasteiger partial charge on any atom is -0.489 e. The number of hydrogen-bond acceptors (Lipinski definition) is 4. The van der Waals surface area contributed by atoms with Crippen LogP contribution in [0.3, 0.4) is 0 Å². The van der Waals surface area contributed by atoms with Crippen molar-refractivity contribution in [1.82, 2.24) is 0 Å². The smallest absolute Gasteiger partial charge is 0.363 e. The number of ether oxygens (including phenoxy) is 2. The molecule has 0 bridgehead atoms. The number of cyclic esters (lactones) is 1. The largest absolute Gasteiger partial charge is 0.489 e. The van der Waals surface area contributed by atoms with Gasteiger partial charge in [0.05, 0.1) is 5.56 Å². The summed E-state index contributed by atoms with van der Waals surface area (Å²) in [5.41, 5.74) is 4.12. The molecule has 0 fully saturated rings. The van der Waals surface area contributed by atoms with Crippen molar-refractivity contribution in [2.45, 2.75) is 13.5 Å². The maximum Gasteiger partial charge on any atom is 0.363 e. The van der Waals surface area contributed by atoms with E-state index in [1.54, 1.807) is 6.08 Å². The van der Waals surface area contributed by atoms with E-state index in [4.69, 9.17) is 9.47 Å². The van der Waals surface area contributed by atoms with Crippen LogP contribution in [0.2, 0.25) is 0 Å². The van der Waals surface area contributed by atoms with Gasteiger partial charge in [0.25, 0.3) is 0 Å². The number of carbonyl (C=O) groups is 1. The van der Waals surface area contributed by atoms with Crippen LogP contribution >= 0.6 is 15.9 Å². The molecule has 0 aromatic heterocycles. The highest BCUT2D eigenvalue weighted by molar-refractivity contribution is 9.10. The maximum absolute atomic E-state index is 12.2. The van der Waals surface area contributed by atoms with E-state index in [9.17, 15) is 4.79 Å². The van der Waals surface area contributed by atoms with E-state index in [1.165, 1.54) is 5.56 Å². The molecule has 1 heterocycles. The van der Waals surface area contributed by atoms with E-state index < -0.39 is 5.97 Å². The third-order valence-electron chi connectivity index (χ3n) is 4.41. The van der Waals surface area contributed by atoms with Crippen LogP contribution in [0.5, 0.6) is 5.75 Å². The molecule has 3 aromatic rings. The molecule has 0 saturated carbocycles. The van der Waals surface area contributed by atoms with E-state index in [-0.39, 0.29) is 5.70 Å². The number of esters is 1. The number of rotatable bonds is 5. The van der Waals surface area contributed by atoms with Crippen LogP contribution in [0.15, 0.2) is 88.0 Å². The summed E-state index contributed by atoms with van der Waals surface area (Å²) in [6, 6.07) is 23.2. The summed E-state index contributed by atoms with van der Waals surface area (Å²) >= 11 is 3.45. The standard InChI is InChI=1S/C24H18BrNO3/c1-16-9-11-17(12-10-16)15-28-19-6-4-5-18(13-19)14-22-24(27)29-23(26-22)20-7-2-3-8-21(20)25/h2-14H,15H2,1H3. The van der Waals surface area contributed by atoms with Crippen molar-refractivity contribution >= 4 is 33.9 Å². The van der Waals surface area contributed by atoms with Gasteiger partial charge >= 0.3 is 5.97 Å². The Balaban J connectivity index is 1.52. The van der Waals surface area contributed by atoms with Crippen LogP contribution in [-0.4, -0.2) is 11.9 Å². The first-order valence-electron chi connectivity index (χ1n) is 9.14. The minimum absolute atomic E-state index is 0.256. The lowest BCUT2D eigenvalue weighted by Gasteiger charge is -2.07. The Bertz CT molecular complexity index is 1120. The molecule has 1 aliphatic rings. The van der Waals surface area contributed by atoms with Crippen molar-refractivity contribution < 1.29 is 14.3 Å². The van der Waals surface area contributed by atoms with Crippen molar-refractivity contribution in [3.05, 3.63) is 105 Å². The van der Waals surface area contributed by atoms with Gasteiger partial charge in [0.15, 0.2) is 5.70 Å². The number of benzene rings is 3. The zero-order chi connectivity index (χ0) is 20.2. The normalized spacial score (nSPS) is 14.6. The Labute approximate surface area is 177 Å². The predicted molar refractivity (Wildman–Crippen MR) is 117 cm³/mol. The average Bonchev–Trinajstić information content (AvgIpc) is 3.08. The molecule has 0 unspecified atom stereocenters. The average molecular weight is 448 g/mol. The van der Waals surface area contributed by atoms with Gasteiger partial charge in [-0.2, -0.15) is 0 Å². The number of aryl methyl sites for hydroxylation is 1. The molecule has 3 aromatic carbocycles. The van der Waals surface area contributed by atoms with E-state index >= 15 is 0 Å². The molecule has 0 spiro atoms. The van der Waals surface area contributed by atoms with Crippen molar-refractivity contribution in [3.63, 3.8) is 0 Å². The Kier molecular flexibility index (Phi) is 5.58. The van der Waals surface area contributed by atoms with Gasteiger partial charge in [-0.25, -0.2) is 9.79 Å². The molecule has 1 aliphatic heterocycles. The van der Waals surface area contributed by atoms with Crippen LogP contribution in [0.4, 0.5) is 0 Å². The van der Waals surface area contributed by atoms with Crippen LogP contribution in [-0.2, 0) is 16.1 Å². The van der Waals surface area contributed by atoms with Gasteiger partial charge in [0.1, 0.15) is 12.4 Å². The minimum atomic E-state index is -0.471. The van der Waals surface area contributed by atoms with Crippen LogP contribution < -0.4 is 4.74 Å². The first-order valence-corrected chi connectivity index (χ1v) is 9.94. The van der Waals surface area contributed by atoms with Crippen LogP contribution in [0.25, 0.3) is 6.08 Å². The summed E-state index contributed by atoms with van der Waals surface area (Å²) in [7, 11) is 0. The second kappa shape index (κ2) is 8.45. The number of hydrogen-bond donors (Lipinski definition) is 0. The Morgan fingerprint density at radius 2 is 1.83 bits per heavy atom. The highest BCUT2D eigenvalue weighted by Crippen LogP contribution is 2.25. The van der Waals surface area contributed by atoms with Crippen molar-refractivity contribution in [2.24, 2.45) is 4.99 Å². The van der Waals surface area contributed by atoms with Crippen LogP contribution in [0, 0.1) is 6.92 Å². The molecule has 4 rings (SSSR count). The first kappa shape index (κ1) is 19.2. The van der Waals surface area contributed by atoms with Gasteiger partial charge in [-0.1, -0.05) is 54.1 Å². The molecule has 0 amide bonds. The number of nitrogens with zero attached hydrogens (tertiary/aromatic N) is 1. The van der Waals surface area contributed by atoms with Gasteiger partial charge in [-0.3, -0.25) is 0 Å². The molecule has 5 heteroatoms. The SMILES string of the molecule is Cc1ccc(COc2cccc(C=C3N=C(c4ccccc4Br)OC3=O)c2)cc1. The fourth-order valence-electron chi connectivity index (χ4n) is 2.86. The van der Waals surface area contributed by atoms with Gasteiger partial charge in [-0.15, -0.1) is 0 Å². The highest BCUT2D eigenvalue weighted by atomic mass is 79.9. The van der Waals surface area contributed by atoms with Gasteiger partial charge in [0.2, 0.25) is 5.90 Å². The molecular weight excluding hydrogens is 430 g/mol. The number of carbonyl (C=O) groups excluding carboxylic acids is 1. The molecule has 0 aliphatic carbocycles. The van der Waals surface area contributed by atoms with Crippen molar-refractivity contribution in [3.8, 4) is 5.75 Å². The molecule has 0 saturated heterocycles. The summed E-state index contributed by atoms with van der Waals surface area (Å²) in [5.74, 6) is 0.545. The van der Waals surface area contributed by atoms with Gasteiger partial charge < -0.3 is 9.47 Å². The molecule has 144 valence electrons. The number of halogens is 1. The van der Waals surface area contributed by atoms with E-state index in [2.05, 4.69) is 40.0 Å². The summed E-state index contributed by atoms with van der Waals surface area (Å²) in [6.45, 7) is 2.53. The van der Waals surface area contributed by atoms with E-state index in [0.29, 0.717) is 12.5 Å². The maximum atomic E-state index is 12.2. The zero-order valence-electron chi connectivity index (χ0n) is 15.8. The molecular formula is C24H18BrNO3. The molecule has 29 heavy (non-hydrogen) atoms. The predicted octanol–water partition coefficient (Wildman–Crippen LogP) is 5.68. The highest BCUT2D eigenvalue weighted by Gasteiger charge is 2.25. The summed E-state index contributed by atoms with van der Waals surface area (Å²) in [5, 5.41) is 0. The second-order valence-electron chi connectivity index (χ2n) is 6.66.